The molecule has 0 spiro atoms. The molecule has 0 bridgehead atoms. The van der Waals surface area contributed by atoms with Crippen LogP contribution in [0.15, 0.2) is 53.1 Å². The SMILES string of the molecule is CCOc1ccc([C@@H]2C(C#N)=C(SCC(=O)Nc3ccccc3C)NC(=O)[C@@H]2C(=O)OC)cc1Cl. The number of amides is 2. The highest BCUT2D eigenvalue weighted by molar-refractivity contribution is 8.03. The Morgan fingerprint density at radius 3 is 2.63 bits per heavy atom. The lowest BCUT2D eigenvalue weighted by molar-refractivity contribution is -0.150. The fourth-order valence-electron chi connectivity index (χ4n) is 3.70. The molecule has 2 amide bonds. The summed E-state index contributed by atoms with van der Waals surface area (Å²) in [4.78, 5) is 38.0. The first-order valence-electron chi connectivity index (χ1n) is 10.7. The number of hydrogen-bond donors (Lipinski definition) is 2. The predicted molar refractivity (Wildman–Crippen MR) is 134 cm³/mol. The topological polar surface area (TPSA) is 118 Å². The minimum absolute atomic E-state index is 0.0607. The van der Waals surface area contributed by atoms with Crippen molar-refractivity contribution in [1.82, 2.24) is 5.32 Å². The third-order valence-electron chi connectivity index (χ3n) is 5.37. The van der Waals surface area contributed by atoms with Gasteiger partial charge in [-0.3, -0.25) is 14.4 Å². The number of benzene rings is 2. The lowest BCUT2D eigenvalue weighted by atomic mass is 9.78. The van der Waals surface area contributed by atoms with Gasteiger partial charge in [0.2, 0.25) is 11.8 Å². The Balaban J connectivity index is 1.94. The molecule has 1 aliphatic heterocycles. The van der Waals surface area contributed by atoms with Crippen LogP contribution in [0, 0.1) is 24.2 Å². The lowest BCUT2D eigenvalue weighted by Gasteiger charge is -2.31. The van der Waals surface area contributed by atoms with E-state index in [4.69, 9.17) is 21.1 Å². The molecule has 0 saturated heterocycles. The van der Waals surface area contributed by atoms with E-state index in [9.17, 15) is 19.6 Å². The van der Waals surface area contributed by atoms with Gasteiger partial charge in [-0.15, -0.1) is 0 Å². The van der Waals surface area contributed by atoms with E-state index in [0.717, 1.165) is 17.3 Å². The molecule has 35 heavy (non-hydrogen) atoms. The summed E-state index contributed by atoms with van der Waals surface area (Å²) in [6, 6.07) is 14.3. The van der Waals surface area contributed by atoms with Crippen LogP contribution in [0.2, 0.25) is 5.02 Å². The van der Waals surface area contributed by atoms with Crippen LogP contribution in [-0.4, -0.2) is 37.3 Å². The molecule has 182 valence electrons. The molecule has 0 radical (unpaired) electrons. The fourth-order valence-corrected chi connectivity index (χ4v) is 4.79. The van der Waals surface area contributed by atoms with Crippen molar-refractivity contribution in [3.8, 4) is 11.8 Å². The van der Waals surface area contributed by atoms with E-state index in [2.05, 4.69) is 16.7 Å². The molecule has 2 aromatic rings. The monoisotopic (exact) mass is 513 g/mol. The molecule has 0 aromatic heterocycles. The molecule has 0 unspecified atom stereocenters. The molecule has 0 aliphatic carbocycles. The first kappa shape index (κ1) is 26.1. The number of carbonyl (C=O) groups is 3. The number of aryl methyl sites for hydroxylation is 1. The summed E-state index contributed by atoms with van der Waals surface area (Å²) in [5, 5.41) is 15.9. The smallest absolute Gasteiger partial charge is 0.319 e. The quantitative estimate of drug-likeness (QED) is 0.402. The van der Waals surface area contributed by atoms with Crippen molar-refractivity contribution >= 4 is 46.8 Å². The molecule has 0 saturated carbocycles. The Morgan fingerprint density at radius 2 is 2.00 bits per heavy atom. The number of methoxy groups -OCH3 is 1. The number of carbonyl (C=O) groups excluding carboxylic acids is 3. The molecule has 8 nitrogen and oxygen atoms in total. The van der Waals surface area contributed by atoms with Gasteiger partial charge in [0.1, 0.15) is 11.7 Å². The molecule has 1 aliphatic rings. The van der Waals surface area contributed by atoms with Crippen molar-refractivity contribution in [1.29, 1.82) is 5.26 Å². The van der Waals surface area contributed by atoms with Gasteiger partial charge < -0.3 is 20.1 Å². The van der Waals surface area contributed by atoms with Crippen LogP contribution in [-0.2, 0) is 19.1 Å². The average Bonchev–Trinajstić information content (AvgIpc) is 2.84. The maximum atomic E-state index is 13.0. The van der Waals surface area contributed by atoms with Crippen LogP contribution in [0.4, 0.5) is 5.69 Å². The van der Waals surface area contributed by atoms with Gasteiger partial charge in [-0.1, -0.05) is 47.6 Å². The Kier molecular flexibility index (Phi) is 8.79. The Morgan fingerprint density at radius 1 is 1.26 bits per heavy atom. The van der Waals surface area contributed by atoms with E-state index < -0.39 is 23.7 Å². The number of ether oxygens (including phenoxy) is 2. The Bertz CT molecular complexity index is 1220. The molecule has 10 heteroatoms. The van der Waals surface area contributed by atoms with Gasteiger partial charge in [0.05, 0.1) is 41.2 Å². The first-order chi connectivity index (χ1) is 16.8. The summed E-state index contributed by atoms with van der Waals surface area (Å²) >= 11 is 7.35. The lowest BCUT2D eigenvalue weighted by Crippen LogP contribution is -2.44. The number of para-hydroxylation sites is 1. The van der Waals surface area contributed by atoms with Crippen molar-refractivity contribution in [2.24, 2.45) is 5.92 Å². The van der Waals surface area contributed by atoms with Crippen LogP contribution in [0.5, 0.6) is 5.75 Å². The van der Waals surface area contributed by atoms with Gasteiger partial charge in [-0.2, -0.15) is 5.26 Å². The third-order valence-corrected chi connectivity index (χ3v) is 6.68. The number of nitriles is 1. The molecule has 2 N–H and O–H groups in total. The molecule has 2 aromatic carbocycles. The maximum Gasteiger partial charge on any atom is 0.319 e. The normalized spacial score (nSPS) is 17.3. The van der Waals surface area contributed by atoms with Crippen LogP contribution in [0.25, 0.3) is 0 Å². The van der Waals surface area contributed by atoms with Gasteiger partial charge in [0.15, 0.2) is 0 Å². The van der Waals surface area contributed by atoms with Crippen molar-refractivity contribution in [2.75, 3.05) is 24.8 Å². The fraction of sp³-hybridized carbons (Fsp3) is 0.280. The van der Waals surface area contributed by atoms with Crippen molar-refractivity contribution < 1.29 is 23.9 Å². The summed E-state index contributed by atoms with van der Waals surface area (Å²) in [5.74, 6) is -3.59. The van der Waals surface area contributed by atoms with Crippen LogP contribution >= 0.6 is 23.4 Å². The average molecular weight is 514 g/mol. The second-order valence-electron chi connectivity index (χ2n) is 7.60. The zero-order valence-corrected chi connectivity index (χ0v) is 21.0. The van der Waals surface area contributed by atoms with Crippen molar-refractivity contribution in [3.05, 3.63) is 69.2 Å². The van der Waals surface area contributed by atoms with Crippen molar-refractivity contribution in [2.45, 2.75) is 19.8 Å². The second kappa shape index (κ2) is 11.8. The molecule has 2 atom stereocenters. The minimum Gasteiger partial charge on any atom is -0.492 e. The second-order valence-corrected chi connectivity index (χ2v) is 8.99. The van der Waals surface area contributed by atoms with E-state index in [0.29, 0.717) is 23.6 Å². The van der Waals surface area contributed by atoms with Crippen LogP contribution in [0.3, 0.4) is 0 Å². The molecule has 3 rings (SSSR count). The predicted octanol–water partition coefficient (Wildman–Crippen LogP) is 4.16. The number of nitrogens with one attached hydrogen (secondary N) is 2. The zero-order valence-electron chi connectivity index (χ0n) is 19.4. The summed E-state index contributed by atoms with van der Waals surface area (Å²) < 4.78 is 10.3. The first-order valence-corrected chi connectivity index (χ1v) is 12.1. The van der Waals surface area contributed by atoms with Gasteiger partial charge in [-0.25, -0.2) is 0 Å². The largest absolute Gasteiger partial charge is 0.492 e. The number of allylic oxidation sites excluding steroid dienone is 1. The van der Waals surface area contributed by atoms with Gasteiger partial charge in [0.25, 0.3) is 0 Å². The highest BCUT2D eigenvalue weighted by atomic mass is 35.5. The maximum absolute atomic E-state index is 13.0. The molecule has 1 heterocycles. The highest BCUT2D eigenvalue weighted by Crippen LogP contribution is 2.42. The summed E-state index contributed by atoms with van der Waals surface area (Å²) in [6.45, 7) is 4.10. The Labute approximate surface area is 212 Å². The van der Waals surface area contributed by atoms with Crippen LogP contribution < -0.4 is 15.4 Å². The minimum atomic E-state index is -1.30. The number of hydrogen-bond acceptors (Lipinski definition) is 7. The van der Waals surface area contributed by atoms with Gasteiger partial charge in [-0.05, 0) is 43.2 Å². The number of esters is 1. The van der Waals surface area contributed by atoms with E-state index in [-0.39, 0.29) is 27.3 Å². The van der Waals surface area contributed by atoms with E-state index in [1.807, 2.05) is 32.0 Å². The molecular weight excluding hydrogens is 490 g/mol. The number of rotatable bonds is 8. The van der Waals surface area contributed by atoms with E-state index >= 15 is 0 Å². The number of thioether (sulfide) groups is 1. The summed E-state index contributed by atoms with van der Waals surface area (Å²) in [7, 11) is 1.17. The van der Waals surface area contributed by atoms with Crippen molar-refractivity contribution in [3.63, 3.8) is 0 Å². The number of halogens is 1. The van der Waals surface area contributed by atoms with Gasteiger partial charge >= 0.3 is 5.97 Å². The summed E-state index contributed by atoms with van der Waals surface area (Å²) in [5.41, 5.74) is 2.19. The Hall–Kier alpha value is -3.48. The standard InChI is InChI=1S/C25H24ClN3O5S/c1-4-34-19-10-9-15(11-17(19)26)21-16(12-27)24(29-23(31)22(21)25(32)33-3)35-13-20(30)28-18-8-6-5-7-14(18)2/h5-11,21-22H,4,13H2,1-3H3,(H,28,30)(H,29,31)/t21-,22-/m1/s1. The van der Waals surface area contributed by atoms with E-state index in [1.54, 1.807) is 24.3 Å². The number of anilines is 1. The van der Waals surface area contributed by atoms with Gasteiger partial charge in [0, 0.05) is 11.6 Å². The molecule has 0 fully saturated rings. The summed E-state index contributed by atoms with van der Waals surface area (Å²) in [6.07, 6.45) is 0. The third kappa shape index (κ3) is 5.96. The van der Waals surface area contributed by atoms with Crippen LogP contribution in [0.1, 0.15) is 24.0 Å². The zero-order chi connectivity index (χ0) is 25.5. The highest BCUT2D eigenvalue weighted by Gasteiger charge is 2.44. The molecular formula is C25H24ClN3O5S. The van der Waals surface area contributed by atoms with E-state index in [1.165, 1.54) is 7.11 Å². The number of nitrogens with zero attached hydrogens (tertiary/aromatic N) is 1.